The third-order valence-corrected chi connectivity index (χ3v) is 2.37. The predicted octanol–water partition coefficient (Wildman–Crippen LogP) is 1.40. The molecule has 1 saturated heterocycles. The summed E-state index contributed by atoms with van der Waals surface area (Å²) in [7, 11) is 0. The highest BCUT2D eigenvalue weighted by molar-refractivity contribution is 5.59. The van der Waals surface area contributed by atoms with Gasteiger partial charge in [0.05, 0.1) is 12.0 Å². The Kier molecular flexibility index (Phi) is 3.31. The van der Waals surface area contributed by atoms with Gasteiger partial charge in [0.25, 0.3) is 0 Å². The average molecular weight is 166 g/mol. The maximum Gasteiger partial charge on any atom is 0.128 e. The van der Waals surface area contributed by atoms with Gasteiger partial charge in [0.1, 0.15) is 6.29 Å². The van der Waals surface area contributed by atoms with Crippen molar-refractivity contribution in [3.63, 3.8) is 0 Å². The molecule has 0 aliphatic carbocycles. The van der Waals surface area contributed by atoms with E-state index in [1.54, 1.807) is 0 Å². The highest BCUT2D eigenvalue weighted by Gasteiger charge is 2.31. The Labute approximate surface area is 73.3 Å². The summed E-state index contributed by atoms with van der Waals surface area (Å²) >= 11 is 0. The zero-order valence-corrected chi connectivity index (χ0v) is 7.21. The molecular formula is C10H14O2. The highest BCUT2D eigenvalue weighted by Crippen LogP contribution is 2.30. The van der Waals surface area contributed by atoms with Gasteiger partial charge in [0, 0.05) is 13.0 Å². The summed E-state index contributed by atoms with van der Waals surface area (Å²) in [4.78, 5) is 10.8. The minimum absolute atomic E-state index is 0.273. The fourth-order valence-corrected chi connectivity index (χ4v) is 1.54. The Hall–Kier alpha value is -0.810. The molecule has 1 heterocycles. The largest absolute Gasteiger partial charge is 0.380 e. The number of hydrogen-bond acceptors (Lipinski definition) is 2. The van der Waals surface area contributed by atoms with E-state index in [4.69, 9.17) is 11.2 Å². The Morgan fingerprint density at radius 3 is 3.00 bits per heavy atom. The van der Waals surface area contributed by atoms with Crippen LogP contribution >= 0.6 is 0 Å². The lowest BCUT2D eigenvalue weighted by Gasteiger charge is -2.31. The second kappa shape index (κ2) is 4.27. The summed E-state index contributed by atoms with van der Waals surface area (Å²) in [5.41, 5.74) is -0.273. The lowest BCUT2D eigenvalue weighted by molar-refractivity contribution is -0.124. The minimum Gasteiger partial charge on any atom is -0.380 e. The molecule has 0 spiro atoms. The summed E-state index contributed by atoms with van der Waals surface area (Å²) < 4.78 is 5.27. The number of hydrogen-bond donors (Lipinski definition) is 0. The van der Waals surface area contributed by atoms with Crippen LogP contribution in [0.1, 0.15) is 25.7 Å². The first-order valence-corrected chi connectivity index (χ1v) is 4.30. The van der Waals surface area contributed by atoms with Crippen LogP contribution in [0.15, 0.2) is 0 Å². The van der Waals surface area contributed by atoms with Gasteiger partial charge in [-0.3, -0.25) is 0 Å². The van der Waals surface area contributed by atoms with Crippen molar-refractivity contribution < 1.29 is 9.53 Å². The van der Waals surface area contributed by atoms with E-state index in [9.17, 15) is 4.79 Å². The predicted molar refractivity (Wildman–Crippen MR) is 46.6 cm³/mol. The van der Waals surface area contributed by atoms with E-state index in [0.29, 0.717) is 13.0 Å². The van der Waals surface area contributed by atoms with Crippen LogP contribution in [-0.4, -0.2) is 19.5 Å². The van der Waals surface area contributed by atoms with Gasteiger partial charge in [-0.2, -0.15) is 0 Å². The molecule has 0 bridgehead atoms. The van der Waals surface area contributed by atoms with Gasteiger partial charge in [0.2, 0.25) is 0 Å². The molecule has 0 aromatic rings. The van der Waals surface area contributed by atoms with E-state index >= 15 is 0 Å². The number of carbonyl (C=O) groups excluding carboxylic acids is 1. The Morgan fingerprint density at radius 2 is 2.50 bits per heavy atom. The molecule has 2 heteroatoms. The van der Waals surface area contributed by atoms with Gasteiger partial charge < -0.3 is 9.53 Å². The van der Waals surface area contributed by atoms with Crippen molar-refractivity contribution in [3.05, 3.63) is 0 Å². The van der Waals surface area contributed by atoms with Crippen molar-refractivity contribution in [2.24, 2.45) is 5.41 Å². The molecule has 1 aliphatic rings. The van der Waals surface area contributed by atoms with Crippen LogP contribution in [0.5, 0.6) is 0 Å². The van der Waals surface area contributed by atoms with Crippen molar-refractivity contribution in [1.29, 1.82) is 0 Å². The topological polar surface area (TPSA) is 26.3 Å². The second-order valence-electron chi connectivity index (χ2n) is 3.34. The summed E-state index contributed by atoms with van der Waals surface area (Å²) in [6.07, 6.45) is 9.51. The lowest BCUT2D eigenvalue weighted by Crippen LogP contribution is -2.33. The molecule has 0 aromatic carbocycles. The Bertz CT molecular complexity index is 185. The zero-order chi connectivity index (χ0) is 8.86. The van der Waals surface area contributed by atoms with E-state index in [1.807, 2.05) is 0 Å². The third-order valence-electron chi connectivity index (χ3n) is 2.37. The first kappa shape index (κ1) is 9.28. The molecule has 2 nitrogen and oxygen atoms in total. The first-order chi connectivity index (χ1) is 5.83. The monoisotopic (exact) mass is 166 g/mol. The van der Waals surface area contributed by atoms with E-state index in [0.717, 1.165) is 32.2 Å². The van der Waals surface area contributed by atoms with Crippen molar-refractivity contribution in [2.75, 3.05) is 13.2 Å². The summed E-state index contributed by atoms with van der Waals surface area (Å²) in [6.45, 7) is 1.34. The second-order valence-corrected chi connectivity index (χ2v) is 3.34. The average Bonchev–Trinajstić information content (AvgIpc) is 2.16. The number of carbonyl (C=O) groups is 1. The maximum absolute atomic E-state index is 10.8. The summed E-state index contributed by atoms with van der Waals surface area (Å²) in [5, 5.41) is 0. The van der Waals surface area contributed by atoms with Crippen LogP contribution in [0, 0.1) is 17.8 Å². The van der Waals surface area contributed by atoms with Gasteiger partial charge in [-0.25, -0.2) is 0 Å². The molecule has 0 N–H and O–H groups in total. The van der Waals surface area contributed by atoms with Gasteiger partial charge in [-0.15, -0.1) is 12.3 Å². The van der Waals surface area contributed by atoms with Gasteiger partial charge in [0.15, 0.2) is 0 Å². The van der Waals surface area contributed by atoms with Gasteiger partial charge in [-0.05, 0) is 19.3 Å². The minimum atomic E-state index is -0.273. The Balaban J connectivity index is 2.49. The summed E-state index contributed by atoms with van der Waals surface area (Å²) in [6, 6.07) is 0. The molecule has 1 atom stereocenters. The van der Waals surface area contributed by atoms with E-state index in [2.05, 4.69) is 5.92 Å². The van der Waals surface area contributed by atoms with E-state index in [-0.39, 0.29) is 5.41 Å². The maximum atomic E-state index is 10.8. The number of ether oxygens (including phenoxy) is 1. The molecule has 1 rings (SSSR count). The number of rotatable bonds is 3. The van der Waals surface area contributed by atoms with Crippen LogP contribution in [0.3, 0.4) is 0 Å². The number of terminal acetylenes is 1. The van der Waals surface area contributed by atoms with Crippen LogP contribution in [0.25, 0.3) is 0 Å². The molecular weight excluding hydrogens is 152 g/mol. The quantitative estimate of drug-likeness (QED) is 0.468. The normalized spacial score (nSPS) is 29.2. The first-order valence-electron chi connectivity index (χ1n) is 4.30. The molecule has 66 valence electrons. The molecule has 1 unspecified atom stereocenters. The van der Waals surface area contributed by atoms with Crippen molar-refractivity contribution >= 4 is 6.29 Å². The van der Waals surface area contributed by atoms with E-state index < -0.39 is 0 Å². The van der Waals surface area contributed by atoms with Crippen LogP contribution < -0.4 is 0 Å². The molecule has 12 heavy (non-hydrogen) atoms. The molecule has 0 saturated carbocycles. The molecule has 1 fully saturated rings. The number of aldehydes is 1. The molecule has 0 aromatic heterocycles. The standard InChI is InChI=1S/C10H14O2/c1-2-3-5-10(8-11)6-4-7-12-9-10/h1,8H,3-7,9H2. The van der Waals surface area contributed by atoms with E-state index in [1.165, 1.54) is 0 Å². The SMILES string of the molecule is C#CCCC1(C=O)CCCOC1. The van der Waals surface area contributed by atoms with Crippen molar-refractivity contribution in [2.45, 2.75) is 25.7 Å². The summed E-state index contributed by atoms with van der Waals surface area (Å²) in [5.74, 6) is 2.56. The molecule has 0 radical (unpaired) electrons. The molecule has 0 amide bonds. The highest BCUT2D eigenvalue weighted by atomic mass is 16.5. The van der Waals surface area contributed by atoms with Crippen LogP contribution in [0.4, 0.5) is 0 Å². The van der Waals surface area contributed by atoms with Crippen molar-refractivity contribution in [1.82, 2.24) is 0 Å². The van der Waals surface area contributed by atoms with Gasteiger partial charge >= 0.3 is 0 Å². The van der Waals surface area contributed by atoms with Crippen LogP contribution in [0.2, 0.25) is 0 Å². The van der Waals surface area contributed by atoms with Crippen molar-refractivity contribution in [3.8, 4) is 12.3 Å². The third kappa shape index (κ3) is 2.09. The lowest BCUT2D eigenvalue weighted by atomic mass is 9.80. The smallest absolute Gasteiger partial charge is 0.128 e. The van der Waals surface area contributed by atoms with Gasteiger partial charge in [-0.1, -0.05) is 0 Å². The molecule has 1 aliphatic heterocycles. The Morgan fingerprint density at radius 1 is 1.67 bits per heavy atom. The van der Waals surface area contributed by atoms with Crippen LogP contribution in [-0.2, 0) is 9.53 Å². The fraction of sp³-hybridized carbons (Fsp3) is 0.700. The zero-order valence-electron chi connectivity index (χ0n) is 7.21. The fourth-order valence-electron chi connectivity index (χ4n) is 1.54.